The SMILES string of the molecule is COCCNCCNC(=O)Cc1c(C)nn(-c2ccc(C)c(Cl)c2)c1C.Cl. The fourth-order valence-corrected chi connectivity index (χ4v) is 2.88. The molecule has 27 heavy (non-hydrogen) atoms. The molecule has 6 nitrogen and oxygen atoms in total. The van der Waals surface area contributed by atoms with Gasteiger partial charge >= 0.3 is 0 Å². The fraction of sp³-hybridized carbons (Fsp3) is 0.474. The lowest BCUT2D eigenvalue weighted by Crippen LogP contribution is -2.34. The highest BCUT2D eigenvalue weighted by molar-refractivity contribution is 6.31. The smallest absolute Gasteiger partial charge is 0.224 e. The van der Waals surface area contributed by atoms with Gasteiger partial charge in [-0.1, -0.05) is 17.7 Å². The molecule has 0 bridgehead atoms. The number of hydrogen-bond donors (Lipinski definition) is 2. The minimum absolute atomic E-state index is 0. The molecule has 0 atom stereocenters. The van der Waals surface area contributed by atoms with Crippen molar-refractivity contribution in [2.45, 2.75) is 27.2 Å². The Morgan fingerprint density at radius 2 is 1.96 bits per heavy atom. The molecule has 0 aliphatic rings. The zero-order valence-corrected chi connectivity index (χ0v) is 17.8. The molecule has 1 aromatic heterocycles. The van der Waals surface area contributed by atoms with Gasteiger partial charge in [0, 0.05) is 43.0 Å². The Balaban J connectivity index is 0.00000364. The number of rotatable bonds is 9. The molecule has 1 aromatic carbocycles. The van der Waals surface area contributed by atoms with Crippen LogP contribution in [-0.2, 0) is 16.0 Å². The van der Waals surface area contributed by atoms with Crippen LogP contribution in [0, 0.1) is 20.8 Å². The molecule has 0 aliphatic heterocycles. The van der Waals surface area contributed by atoms with Crippen LogP contribution in [0.3, 0.4) is 0 Å². The van der Waals surface area contributed by atoms with Gasteiger partial charge in [0.15, 0.2) is 0 Å². The molecule has 2 N–H and O–H groups in total. The number of nitrogens with one attached hydrogen (secondary N) is 2. The lowest BCUT2D eigenvalue weighted by molar-refractivity contribution is -0.120. The fourth-order valence-electron chi connectivity index (χ4n) is 2.71. The maximum atomic E-state index is 12.2. The molecular weight excluding hydrogens is 387 g/mol. The van der Waals surface area contributed by atoms with Gasteiger partial charge in [-0.3, -0.25) is 4.79 Å². The van der Waals surface area contributed by atoms with Crippen molar-refractivity contribution in [3.05, 3.63) is 45.7 Å². The van der Waals surface area contributed by atoms with Gasteiger partial charge in [0.1, 0.15) is 0 Å². The minimum atomic E-state index is -0.00812. The van der Waals surface area contributed by atoms with E-state index in [1.165, 1.54) is 0 Å². The van der Waals surface area contributed by atoms with E-state index in [4.69, 9.17) is 16.3 Å². The van der Waals surface area contributed by atoms with E-state index in [0.29, 0.717) is 31.1 Å². The van der Waals surface area contributed by atoms with Crippen molar-refractivity contribution in [1.29, 1.82) is 0 Å². The molecule has 1 heterocycles. The van der Waals surface area contributed by atoms with Gasteiger partial charge in [-0.25, -0.2) is 4.68 Å². The molecule has 0 aliphatic carbocycles. The lowest BCUT2D eigenvalue weighted by Gasteiger charge is -2.08. The zero-order chi connectivity index (χ0) is 19.1. The summed E-state index contributed by atoms with van der Waals surface area (Å²) in [4.78, 5) is 12.2. The van der Waals surface area contributed by atoms with Crippen molar-refractivity contribution < 1.29 is 9.53 Å². The highest BCUT2D eigenvalue weighted by atomic mass is 35.5. The first-order valence-electron chi connectivity index (χ1n) is 8.72. The third-order valence-corrected chi connectivity index (χ3v) is 4.69. The van der Waals surface area contributed by atoms with Crippen LogP contribution in [-0.4, -0.2) is 49.0 Å². The molecule has 0 radical (unpaired) electrons. The highest BCUT2D eigenvalue weighted by Gasteiger charge is 2.16. The van der Waals surface area contributed by atoms with Crippen molar-refractivity contribution in [2.24, 2.45) is 0 Å². The number of carbonyl (C=O) groups is 1. The average molecular weight is 415 g/mol. The highest BCUT2D eigenvalue weighted by Crippen LogP contribution is 2.23. The third-order valence-electron chi connectivity index (χ3n) is 4.29. The number of halogens is 2. The molecule has 0 fully saturated rings. The Hall–Kier alpha value is -1.60. The first-order valence-corrected chi connectivity index (χ1v) is 9.09. The monoisotopic (exact) mass is 414 g/mol. The molecule has 8 heteroatoms. The first kappa shape index (κ1) is 23.4. The number of amides is 1. The van der Waals surface area contributed by atoms with Crippen molar-refractivity contribution in [1.82, 2.24) is 20.4 Å². The Morgan fingerprint density at radius 3 is 2.63 bits per heavy atom. The molecule has 0 unspecified atom stereocenters. The normalized spacial score (nSPS) is 10.6. The van der Waals surface area contributed by atoms with E-state index in [1.54, 1.807) is 7.11 Å². The number of aryl methyl sites for hydroxylation is 2. The number of aromatic nitrogens is 2. The summed E-state index contributed by atoms with van der Waals surface area (Å²) in [6, 6.07) is 5.85. The molecule has 0 saturated heterocycles. The molecule has 0 saturated carbocycles. The molecular formula is C19H28Cl2N4O2. The van der Waals surface area contributed by atoms with Gasteiger partial charge in [-0.05, 0) is 38.5 Å². The topological polar surface area (TPSA) is 68.2 Å². The van der Waals surface area contributed by atoms with Crippen LogP contribution in [0.1, 0.15) is 22.5 Å². The van der Waals surface area contributed by atoms with Crippen molar-refractivity contribution in [2.75, 3.05) is 33.4 Å². The van der Waals surface area contributed by atoms with Crippen LogP contribution >= 0.6 is 24.0 Å². The zero-order valence-electron chi connectivity index (χ0n) is 16.3. The maximum absolute atomic E-state index is 12.2. The van der Waals surface area contributed by atoms with E-state index < -0.39 is 0 Å². The Morgan fingerprint density at radius 1 is 1.22 bits per heavy atom. The molecule has 150 valence electrons. The Labute approximate surface area is 172 Å². The van der Waals surface area contributed by atoms with Gasteiger partial charge in [0.25, 0.3) is 0 Å². The molecule has 2 rings (SSSR count). The van der Waals surface area contributed by atoms with Crippen LogP contribution in [0.2, 0.25) is 5.02 Å². The first-order chi connectivity index (χ1) is 12.4. The van der Waals surface area contributed by atoms with E-state index in [-0.39, 0.29) is 18.3 Å². The standard InChI is InChI=1S/C19H27ClN4O2.ClH/c1-13-5-6-16(11-18(13)20)24-15(3)17(14(2)23-24)12-19(25)22-8-7-21-9-10-26-4;/h5-6,11,21H,7-10,12H2,1-4H3,(H,22,25);1H. The summed E-state index contributed by atoms with van der Waals surface area (Å²) in [6.07, 6.45) is 0.315. The summed E-state index contributed by atoms with van der Waals surface area (Å²) < 4.78 is 6.80. The number of methoxy groups -OCH3 is 1. The van der Waals surface area contributed by atoms with Crippen molar-refractivity contribution >= 4 is 29.9 Å². The molecule has 2 aromatic rings. The second-order valence-electron chi connectivity index (χ2n) is 6.26. The number of ether oxygens (including phenoxy) is 1. The van der Waals surface area contributed by atoms with Gasteiger partial charge in [-0.15, -0.1) is 12.4 Å². The second-order valence-corrected chi connectivity index (χ2v) is 6.67. The summed E-state index contributed by atoms with van der Waals surface area (Å²) in [5.74, 6) is -0.00812. The molecule has 0 spiro atoms. The van der Waals surface area contributed by atoms with E-state index in [1.807, 2.05) is 43.7 Å². The van der Waals surface area contributed by atoms with E-state index in [9.17, 15) is 4.79 Å². The van der Waals surface area contributed by atoms with Gasteiger partial charge < -0.3 is 15.4 Å². The van der Waals surface area contributed by atoms with E-state index >= 15 is 0 Å². The lowest BCUT2D eigenvalue weighted by atomic mass is 10.1. The minimum Gasteiger partial charge on any atom is -0.383 e. The second kappa shape index (κ2) is 11.3. The van der Waals surface area contributed by atoms with E-state index in [2.05, 4.69) is 15.7 Å². The number of nitrogens with zero attached hydrogens (tertiary/aromatic N) is 2. The van der Waals surface area contributed by atoms with Crippen molar-refractivity contribution in [3.63, 3.8) is 0 Å². The van der Waals surface area contributed by atoms with Gasteiger partial charge in [0.2, 0.25) is 5.91 Å². The maximum Gasteiger partial charge on any atom is 0.224 e. The molecule has 1 amide bonds. The number of benzene rings is 1. The summed E-state index contributed by atoms with van der Waals surface area (Å²) in [6.45, 7) is 8.60. The predicted molar refractivity (Wildman–Crippen MR) is 111 cm³/mol. The quantitative estimate of drug-likeness (QED) is 0.618. The summed E-state index contributed by atoms with van der Waals surface area (Å²) in [7, 11) is 1.67. The predicted octanol–water partition coefficient (Wildman–Crippen LogP) is 2.77. The third kappa shape index (κ3) is 6.50. The number of hydrogen-bond acceptors (Lipinski definition) is 4. The van der Waals surface area contributed by atoms with Gasteiger partial charge in [-0.2, -0.15) is 5.10 Å². The largest absolute Gasteiger partial charge is 0.383 e. The summed E-state index contributed by atoms with van der Waals surface area (Å²) in [5, 5.41) is 11.4. The Bertz CT molecular complexity index is 762. The van der Waals surface area contributed by atoms with Crippen LogP contribution < -0.4 is 10.6 Å². The van der Waals surface area contributed by atoms with Gasteiger partial charge in [0.05, 0.1) is 24.4 Å². The average Bonchev–Trinajstić information content (AvgIpc) is 2.88. The van der Waals surface area contributed by atoms with Crippen LogP contribution in [0.5, 0.6) is 0 Å². The number of carbonyl (C=O) groups excluding carboxylic acids is 1. The van der Waals surface area contributed by atoms with Crippen LogP contribution in [0.15, 0.2) is 18.2 Å². The Kier molecular flexibility index (Phi) is 9.80. The van der Waals surface area contributed by atoms with E-state index in [0.717, 1.165) is 34.7 Å². The summed E-state index contributed by atoms with van der Waals surface area (Å²) in [5.41, 5.74) is 4.68. The van der Waals surface area contributed by atoms with Crippen LogP contribution in [0.25, 0.3) is 5.69 Å². The van der Waals surface area contributed by atoms with Crippen LogP contribution in [0.4, 0.5) is 0 Å². The van der Waals surface area contributed by atoms with Crippen molar-refractivity contribution in [3.8, 4) is 5.69 Å². The summed E-state index contributed by atoms with van der Waals surface area (Å²) >= 11 is 6.23.